The Labute approximate surface area is 120 Å². The van der Waals surface area contributed by atoms with Crippen LogP contribution >= 0.6 is 0 Å². The third-order valence-corrected chi connectivity index (χ3v) is 5.18. The molecule has 0 aliphatic carbocycles. The van der Waals surface area contributed by atoms with E-state index >= 15 is 0 Å². The van der Waals surface area contributed by atoms with Gasteiger partial charge in [-0.3, -0.25) is 0 Å². The van der Waals surface area contributed by atoms with Crippen LogP contribution in [0.15, 0.2) is 18.2 Å². The number of piperidine rings is 1. The van der Waals surface area contributed by atoms with Gasteiger partial charge in [0.1, 0.15) is 0 Å². The zero-order valence-electron chi connectivity index (χ0n) is 11.5. The second-order valence-corrected chi connectivity index (χ2v) is 6.64. The molecule has 0 saturated carbocycles. The fourth-order valence-corrected chi connectivity index (χ4v) is 4.05. The molecule has 19 heavy (non-hydrogen) atoms. The Morgan fingerprint density at radius 1 is 1.42 bits per heavy atom. The number of nitrogens with one attached hydrogen (secondary N) is 1. The molecular formula is C14H20N4Se. The minimum atomic E-state index is 0.0500. The van der Waals surface area contributed by atoms with E-state index in [0.717, 1.165) is 22.6 Å². The van der Waals surface area contributed by atoms with Gasteiger partial charge in [0.05, 0.1) is 0 Å². The van der Waals surface area contributed by atoms with E-state index in [0.29, 0.717) is 6.04 Å². The summed E-state index contributed by atoms with van der Waals surface area (Å²) in [7, 11) is 2.22. The molecule has 1 saturated heterocycles. The van der Waals surface area contributed by atoms with Crippen LogP contribution in [0.1, 0.15) is 19.8 Å². The molecule has 1 aromatic carbocycles. The Morgan fingerprint density at radius 2 is 2.32 bits per heavy atom. The summed E-state index contributed by atoms with van der Waals surface area (Å²) >= 11 is 0.0500. The van der Waals surface area contributed by atoms with Crippen molar-refractivity contribution in [3.05, 3.63) is 18.2 Å². The number of benzene rings is 1. The third-order valence-electron chi connectivity index (χ3n) is 4.04. The Bertz CT molecular complexity index is 553. The van der Waals surface area contributed by atoms with Gasteiger partial charge < -0.3 is 0 Å². The van der Waals surface area contributed by atoms with Crippen molar-refractivity contribution < 1.29 is 0 Å². The van der Waals surface area contributed by atoms with Gasteiger partial charge in [-0.1, -0.05) is 0 Å². The van der Waals surface area contributed by atoms with Crippen molar-refractivity contribution in [1.82, 2.24) is 12.9 Å². The van der Waals surface area contributed by atoms with Gasteiger partial charge in [-0.05, 0) is 0 Å². The van der Waals surface area contributed by atoms with Crippen molar-refractivity contribution in [3.8, 4) is 0 Å². The van der Waals surface area contributed by atoms with Crippen LogP contribution in [0.2, 0.25) is 0 Å². The topological polar surface area (TPSA) is 41.1 Å². The summed E-state index contributed by atoms with van der Waals surface area (Å²) in [6.45, 7) is 4.72. The van der Waals surface area contributed by atoms with Crippen LogP contribution in [-0.4, -0.2) is 54.0 Å². The molecule has 2 unspecified atom stereocenters. The number of aromatic nitrogens is 2. The summed E-state index contributed by atoms with van der Waals surface area (Å²) in [5.41, 5.74) is 3.28. The quantitative estimate of drug-likeness (QED) is 0.875. The number of fused-ring (bicyclic) bond motifs is 1. The van der Waals surface area contributed by atoms with E-state index in [1.807, 2.05) is 0 Å². The van der Waals surface area contributed by atoms with E-state index in [-0.39, 0.29) is 15.0 Å². The van der Waals surface area contributed by atoms with Gasteiger partial charge in [0.15, 0.2) is 0 Å². The molecule has 2 atom stereocenters. The fourth-order valence-electron chi connectivity index (χ4n) is 2.90. The minimum absolute atomic E-state index is 0.0500. The molecule has 0 radical (unpaired) electrons. The third kappa shape index (κ3) is 2.83. The zero-order chi connectivity index (χ0) is 13.2. The van der Waals surface area contributed by atoms with Gasteiger partial charge in [-0.2, -0.15) is 0 Å². The summed E-state index contributed by atoms with van der Waals surface area (Å²) in [5.74, 6) is 0.721. The van der Waals surface area contributed by atoms with E-state index in [1.54, 1.807) is 0 Å². The maximum atomic E-state index is 4.54. The van der Waals surface area contributed by atoms with Crippen LogP contribution in [0.3, 0.4) is 0 Å². The molecule has 2 heterocycles. The van der Waals surface area contributed by atoms with Gasteiger partial charge in [0.25, 0.3) is 0 Å². The molecule has 102 valence electrons. The molecular weight excluding hydrogens is 303 g/mol. The van der Waals surface area contributed by atoms with Crippen molar-refractivity contribution in [2.75, 3.05) is 25.5 Å². The number of anilines is 1. The molecule has 1 aliphatic rings. The van der Waals surface area contributed by atoms with Crippen LogP contribution in [0.25, 0.3) is 11.0 Å². The van der Waals surface area contributed by atoms with Crippen LogP contribution in [0.5, 0.6) is 0 Å². The Morgan fingerprint density at radius 3 is 3.16 bits per heavy atom. The second kappa shape index (κ2) is 5.61. The monoisotopic (exact) mass is 324 g/mol. The summed E-state index contributed by atoms with van der Waals surface area (Å²) in [4.78, 5) is 2.44. The number of likely N-dealkylation sites (tertiary alicyclic amines) is 1. The van der Waals surface area contributed by atoms with E-state index in [1.165, 1.54) is 25.9 Å². The van der Waals surface area contributed by atoms with Gasteiger partial charge in [0, 0.05) is 0 Å². The average Bonchev–Trinajstić information content (AvgIpc) is 2.88. The molecule has 1 N–H and O–H groups in total. The number of hydrogen-bond acceptors (Lipinski definition) is 4. The molecule has 0 spiro atoms. The summed E-state index contributed by atoms with van der Waals surface area (Å²) in [6, 6.07) is 6.74. The second-order valence-electron chi connectivity index (χ2n) is 5.54. The molecule has 5 heteroatoms. The molecule has 1 aliphatic heterocycles. The molecule has 3 rings (SSSR count). The Kier molecular flexibility index (Phi) is 3.87. The first-order chi connectivity index (χ1) is 9.24. The first-order valence-electron chi connectivity index (χ1n) is 6.90. The van der Waals surface area contributed by atoms with E-state index < -0.39 is 0 Å². The summed E-state index contributed by atoms with van der Waals surface area (Å²) < 4.78 is 8.97. The van der Waals surface area contributed by atoms with Crippen molar-refractivity contribution in [3.63, 3.8) is 0 Å². The van der Waals surface area contributed by atoms with Crippen molar-refractivity contribution >= 4 is 31.7 Å². The first-order valence-corrected chi connectivity index (χ1v) is 8.43. The van der Waals surface area contributed by atoms with Crippen LogP contribution < -0.4 is 5.32 Å². The van der Waals surface area contributed by atoms with E-state index in [2.05, 4.69) is 50.3 Å². The molecule has 4 nitrogen and oxygen atoms in total. The van der Waals surface area contributed by atoms with Crippen molar-refractivity contribution in [2.45, 2.75) is 25.8 Å². The summed E-state index contributed by atoms with van der Waals surface area (Å²) in [5, 5.41) is 3.66. The molecule has 0 bridgehead atoms. The predicted molar refractivity (Wildman–Crippen MR) is 79.8 cm³/mol. The summed E-state index contributed by atoms with van der Waals surface area (Å²) in [6.07, 6.45) is 2.63. The predicted octanol–water partition coefficient (Wildman–Crippen LogP) is 1.83. The molecule has 1 fully saturated rings. The Balaban J connectivity index is 1.75. The Hall–Kier alpha value is -0.901. The molecule has 0 amide bonds. The number of nitrogens with zero attached hydrogens (tertiary/aromatic N) is 3. The van der Waals surface area contributed by atoms with Crippen LogP contribution in [0, 0.1) is 5.92 Å². The van der Waals surface area contributed by atoms with Crippen LogP contribution in [-0.2, 0) is 0 Å². The fraction of sp³-hybridized carbons (Fsp3) is 0.571. The van der Waals surface area contributed by atoms with Gasteiger partial charge >= 0.3 is 120 Å². The van der Waals surface area contributed by atoms with Gasteiger partial charge in [-0.15, -0.1) is 0 Å². The van der Waals surface area contributed by atoms with Crippen molar-refractivity contribution in [1.29, 1.82) is 0 Å². The van der Waals surface area contributed by atoms with E-state index in [4.69, 9.17) is 0 Å². The van der Waals surface area contributed by atoms with Gasteiger partial charge in [-0.25, -0.2) is 0 Å². The number of hydrogen-bond donors (Lipinski definition) is 1. The molecule has 1 aromatic heterocycles. The van der Waals surface area contributed by atoms with Crippen LogP contribution in [0.4, 0.5) is 5.69 Å². The maximum absolute atomic E-state index is 4.54. The standard InChI is InChI=1S/C14H20N4Se/c1-10(11-5-4-8-18(2)9-11)15-12-6-3-7-13-14(12)17-19-16-13/h3,6-7,10-11,15H,4-5,8-9H2,1-2H3. The normalized spacial score (nSPS) is 22.5. The van der Waals surface area contributed by atoms with Crippen molar-refractivity contribution in [2.24, 2.45) is 5.92 Å². The zero-order valence-corrected chi connectivity index (χ0v) is 13.2. The molecule has 2 aromatic rings. The number of rotatable bonds is 3. The van der Waals surface area contributed by atoms with Gasteiger partial charge in [0.2, 0.25) is 0 Å². The average molecular weight is 323 g/mol. The first kappa shape index (κ1) is 13.1. The SMILES string of the molecule is CC(Nc1cccc2n[se]nc12)C1CCCN(C)C1. The van der Waals surface area contributed by atoms with E-state index in [9.17, 15) is 0 Å².